The Morgan fingerprint density at radius 2 is 1.80 bits per heavy atom. The molecule has 0 bridgehead atoms. The first-order valence-corrected chi connectivity index (χ1v) is 7.93. The number of aryl methyl sites for hydroxylation is 1. The van der Waals surface area contributed by atoms with Gasteiger partial charge in [-0.3, -0.25) is 20.6 Å². The Morgan fingerprint density at radius 3 is 2.56 bits per heavy atom. The third-order valence-corrected chi connectivity index (χ3v) is 3.68. The molecule has 25 heavy (non-hydrogen) atoms. The number of para-hydroxylation sites is 1. The Balaban J connectivity index is 1.68. The number of carbonyl (C=O) groups is 1. The number of hydrogen-bond acceptors (Lipinski definition) is 3. The molecule has 126 valence electrons. The molecule has 3 N–H and O–H groups in total. The molecule has 7 heteroatoms. The van der Waals surface area contributed by atoms with Crippen molar-refractivity contribution in [3.8, 4) is 0 Å². The lowest BCUT2D eigenvalue weighted by Crippen LogP contribution is -2.43. The van der Waals surface area contributed by atoms with Gasteiger partial charge >= 0.3 is 0 Å². The van der Waals surface area contributed by atoms with E-state index in [1.165, 1.54) is 12.1 Å². The monoisotopic (exact) mass is 354 g/mol. The lowest BCUT2D eigenvalue weighted by atomic mass is 10.1. The van der Waals surface area contributed by atoms with Crippen LogP contribution in [0.4, 0.5) is 10.1 Å². The number of fused-ring (bicyclic) bond motifs is 1. The van der Waals surface area contributed by atoms with Crippen LogP contribution in [0.2, 0.25) is 0 Å². The van der Waals surface area contributed by atoms with Crippen molar-refractivity contribution in [3.05, 3.63) is 71.7 Å². The van der Waals surface area contributed by atoms with Crippen LogP contribution in [-0.2, 0) is 0 Å². The number of aromatic nitrogens is 1. The Hall–Kier alpha value is -3.06. The van der Waals surface area contributed by atoms with Gasteiger partial charge in [-0.2, -0.15) is 0 Å². The van der Waals surface area contributed by atoms with Gasteiger partial charge in [0.1, 0.15) is 5.82 Å². The number of hydrazine groups is 1. The molecule has 0 saturated carbocycles. The van der Waals surface area contributed by atoms with Crippen molar-refractivity contribution in [1.29, 1.82) is 0 Å². The van der Waals surface area contributed by atoms with E-state index in [0.717, 1.165) is 16.6 Å². The number of anilines is 1. The number of carbonyl (C=O) groups excluding carboxylic acids is 1. The minimum atomic E-state index is -0.335. The topological polar surface area (TPSA) is 66.1 Å². The molecule has 0 radical (unpaired) electrons. The molecule has 2 aromatic carbocycles. The first-order valence-electron chi connectivity index (χ1n) is 7.52. The second-order valence-electron chi connectivity index (χ2n) is 5.37. The number of benzene rings is 2. The van der Waals surface area contributed by atoms with E-state index in [2.05, 4.69) is 21.2 Å². The molecule has 0 aliphatic carbocycles. The van der Waals surface area contributed by atoms with E-state index in [1.807, 2.05) is 31.2 Å². The van der Waals surface area contributed by atoms with Crippen LogP contribution in [0, 0.1) is 12.7 Å². The molecule has 0 aliphatic heterocycles. The highest BCUT2D eigenvalue weighted by molar-refractivity contribution is 7.80. The molecule has 0 atom stereocenters. The van der Waals surface area contributed by atoms with E-state index in [4.69, 9.17) is 12.2 Å². The van der Waals surface area contributed by atoms with Gasteiger partial charge in [-0.25, -0.2) is 4.39 Å². The maximum atomic E-state index is 12.9. The summed E-state index contributed by atoms with van der Waals surface area (Å²) in [6, 6.07) is 14.9. The average Bonchev–Trinajstić information content (AvgIpc) is 2.61. The van der Waals surface area contributed by atoms with E-state index in [1.54, 1.807) is 18.2 Å². The molecule has 0 spiro atoms. The summed E-state index contributed by atoms with van der Waals surface area (Å²) >= 11 is 5.12. The van der Waals surface area contributed by atoms with Gasteiger partial charge in [0.05, 0.1) is 11.1 Å². The van der Waals surface area contributed by atoms with Crippen molar-refractivity contribution in [3.63, 3.8) is 0 Å². The van der Waals surface area contributed by atoms with Crippen molar-refractivity contribution in [2.24, 2.45) is 0 Å². The minimum absolute atomic E-state index is 0.190. The number of rotatable bonds is 2. The van der Waals surface area contributed by atoms with E-state index < -0.39 is 0 Å². The van der Waals surface area contributed by atoms with Crippen molar-refractivity contribution in [1.82, 2.24) is 15.8 Å². The largest absolute Gasteiger partial charge is 0.331 e. The van der Waals surface area contributed by atoms with E-state index in [0.29, 0.717) is 11.3 Å². The van der Waals surface area contributed by atoms with Crippen LogP contribution in [0.25, 0.3) is 10.9 Å². The maximum Gasteiger partial charge on any atom is 0.270 e. The third kappa shape index (κ3) is 4.07. The van der Waals surface area contributed by atoms with Gasteiger partial charge < -0.3 is 5.32 Å². The fourth-order valence-electron chi connectivity index (χ4n) is 2.37. The Kier molecular flexibility index (Phi) is 4.85. The van der Waals surface area contributed by atoms with E-state index in [9.17, 15) is 9.18 Å². The van der Waals surface area contributed by atoms with Crippen LogP contribution in [-0.4, -0.2) is 16.0 Å². The van der Waals surface area contributed by atoms with Gasteiger partial charge in [-0.05, 0) is 55.5 Å². The molecule has 1 aromatic heterocycles. The Morgan fingerprint density at radius 1 is 1.08 bits per heavy atom. The average molecular weight is 354 g/mol. The highest BCUT2D eigenvalue weighted by atomic mass is 32.1. The zero-order valence-corrected chi connectivity index (χ0v) is 14.2. The summed E-state index contributed by atoms with van der Waals surface area (Å²) in [7, 11) is 0. The third-order valence-electron chi connectivity index (χ3n) is 3.48. The zero-order valence-electron chi connectivity index (χ0n) is 13.3. The predicted molar refractivity (Wildman–Crippen MR) is 99.7 cm³/mol. The molecule has 0 unspecified atom stereocenters. The number of hydrogen-bond donors (Lipinski definition) is 3. The SMILES string of the molecule is Cc1cc(C(=O)NNC(=S)Nc2ccc(F)cc2)c2ccccc2n1. The number of thiocarbonyl (C=S) groups is 1. The smallest absolute Gasteiger partial charge is 0.270 e. The lowest BCUT2D eigenvalue weighted by molar-refractivity contribution is 0.0945. The maximum absolute atomic E-state index is 12.9. The van der Waals surface area contributed by atoms with Crippen molar-refractivity contribution in [2.45, 2.75) is 6.92 Å². The highest BCUT2D eigenvalue weighted by Gasteiger charge is 2.12. The summed E-state index contributed by atoms with van der Waals surface area (Å²) in [5.74, 6) is -0.664. The zero-order chi connectivity index (χ0) is 17.8. The molecular formula is C18H15FN4OS. The summed E-state index contributed by atoms with van der Waals surface area (Å²) < 4.78 is 12.9. The van der Waals surface area contributed by atoms with Gasteiger partial charge in [0.2, 0.25) is 0 Å². The number of nitrogens with zero attached hydrogens (tertiary/aromatic N) is 1. The first-order chi connectivity index (χ1) is 12.0. The quantitative estimate of drug-likeness (QED) is 0.487. The first kappa shape index (κ1) is 16.8. The van der Waals surface area contributed by atoms with E-state index in [-0.39, 0.29) is 16.8 Å². The summed E-state index contributed by atoms with van der Waals surface area (Å²) in [4.78, 5) is 16.9. The summed E-state index contributed by atoms with van der Waals surface area (Å²) in [6.07, 6.45) is 0. The number of pyridine rings is 1. The van der Waals surface area contributed by atoms with Crippen LogP contribution in [0.3, 0.4) is 0 Å². The molecule has 0 fully saturated rings. The predicted octanol–water partition coefficient (Wildman–Crippen LogP) is 3.31. The second-order valence-corrected chi connectivity index (χ2v) is 5.78. The van der Waals surface area contributed by atoms with Crippen LogP contribution in [0.15, 0.2) is 54.6 Å². The molecule has 1 amide bonds. The molecule has 0 saturated heterocycles. The normalized spacial score (nSPS) is 10.3. The van der Waals surface area contributed by atoms with Gasteiger partial charge in [0, 0.05) is 16.8 Å². The van der Waals surface area contributed by atoms with Gasteiger partial charge in [-0.15, -0.1) is 0 Å². The molecule has 5 nitrogen and oxygen atoms in total. The molecule has 3 rings (SSSR count). The van der Waals surface area contributed by atoms with Crippen LogP contribution in [0.5, 0.6) is 0 Å². The number of halogens is 1. The second kappa shape index (κ2) is 7.23. The minimum Gasteiger partial charge on any atom is -0.331 e. The number of amides is 1. The van der Waals surface area contributed by atoms with Gasteiger partial charge in [-0.1, -0.05) is 18.2 Å². The van der Waals surface area contributed by atoms with Gasteiger partial charge in [0.15, 0.2) is 5.11 Å². The molecular weight excluding hydrogens is 339 g/mol. The van der Waals surface area contributed by atoms with Crippen molar-refractivity contribution in [2.75, 3.05) is 5.32 Å². The Bertz CT molecular complexity index is 943. The molecule has 1 heterocycles. The molecule has 0 aliphatic rings. The summed E-state index contributed by atoms with van der Waals surface area (Å²) in [5.41, 5.74) is 7.80. The van der Waals surface area contributed by atoms with Crippen LogP contribution in [0.1, 0.15) is 16.1 Å². The van der Waals surface area contributed by atoms with Crippen molar-refractivity contribution >= 4 is 39.8 Å². The van der Waals surface area contributed by atoms with Crippen molar-refractivity contribution < 1.29 is 9.18 Å². The molecule has 3 aromatic rings. The highest BCUT2D eigenvalue weighted by Crippen LogP contribution is 2.17. The standard InChI is InChI=1S/C18H15FN4OS/c1-11-10-15(14-4-2-3-5-16(14)20-11)17(24)22-23-18(25)21-13-8-6-12(19)7-9-13/h2-10H,1H3,(H,22,24)(H2,21,23,25). The van der Waals surface area contributed by atoms with Crippen LogP contribution < -0.4 is 16.2 Å². The van der Waals surface area contributed by atoms with Crippen LogP contribution >= 0.6 is 12.2 Å². The fraction of sp³-hybridized carbons (Fsp3) is 0.0556. The summed E-state index contributed by atoms with van der Waals surface area (Å²) in [5, 5.41) is 3.80. The lowest BCUT2D eigenvalue weighted by Gasteiger charge is -2.13. The summed E-state index contributed by atoms with van der Waals surface area (Å²) in [6.45, 7) is 1.83. The number of nitrogens with one attached hydrogen (secondary N) is 3. The van der Waals surface area contributed by atoms with E-state index >= 15 is 0 Å². The fourth-order valence-corrected chi connectivity index (χ4v) is 2.54. The van der Waals surface area contributed by atoms with Gasteiger partial charge in [0.25, 0.3) is 5.91 Å². The Labute approximate surface area is 149 Å².